The quantitative estimate of drug-likeness (QED) is 0.844. The van der Waals surface area contributed by atoms with Gasteiger partial charge in [0.15, 0.2) is 0 Å². The average molecular weight is 222 g/mol. The maximum Gasteiger partial charge on any atom is 0.0477 e. The number of anilines is 1. The lowest BCUT2D eigenvalue weighted by atomic mass is 9.99. The summed E-state index contributed by atoms with van der Waals surface area (Å²) < 4.78 is 0. The van der Waals surface area contributed by atoms with Crippen LogP contribution < -0.4 is 5.32 Å². The van der Waals surface area contributed by atoms with E-state index in [4.69, 9.17) is 0 Å². The molecule has 0 amide bonds. The van der Waals surface area contributed by atoms with Gasteiger partial charge in [0.25, 0.3) is 0 Å². The molecule has 0 radical (unpaired) electrons. The number of fused-ring (bicyclic) bond motifs is 1. The Balaban J connectivity index is 1.78. The van der Waals surface area contributed by atoms with Crippen molar-refractivity contribution in [2.45, 2.75) is 12.8 Å². The van der Waals surface area contributed by atoms with Gasteiger partial charge in [-0.05, 0) is 23.8 Å². The summed E-state index contributed by atoms with van der Waals surface area (Å²) in [6.45, 7) is 0. The fourth-order valence-electron chi connectivity index (χ4n) is 2.12. The highest BCUT2D eigenvalue weighted by atomic mass is 14.9. The first-order valence-corrected chi connectivity index (χ1v) is 5.86. The highest BCUT2D eigenvalue weighted by molar-refractivity contribution is 5.50. The van der Waals surface area contributed by atoms with Gasteiger partial charge in [-0.1, -0.05) is 30.3 Å². The molecule has 3 rings (SSSR count). The molecule has 1 aromatic heterocycles. The fraction of sp³-hybridized carbons (Fsp3) is 0.133. The third kappa shape index (κ3) is 2.21. The zero-order valence-electron chi connectivity index (χ0n) is 9.56. The first-order chi connectivity index (χ1) is 8.42. The molecule has 2 nitrogen and oxygen atoms in total. The van der Waals surface area contributed by atoms with E-state index < -0.39 is 0 Å². The molecule has 2 aromatic rings. The van der Waals surface area contributed by atoms with Gasteiger partial charge >= 0.3 is 0 Å². The van der Waals surface area contributed by atoms with Gasteiger partial charge in [0, 0.05) is 36.1 Å². The van der Waals surface area contributed by atoms with Gasteiger partial charge in [0.1, 0.15) is 0 Å². The SMILES string of the molecule is C1=C(Nc2ccccc2)Cc2cccnc2C1. The third-order valence-corrected chi connectivity index (χ3v) is 2.99. The maximum absolute atomic E-state index is 4.39. The summed E-state index contributed by atoms with van der Waals surface area (Å²) in [4.78, 5) is 4.39. The van der Waals surface area contributed by atoms with Gasteiger partial charge < -0.3 is 5.32 Å². The summed E-state index contributed by atoms with van der Waals surface area (Å²) in [5, 5.41) is 3.46. The van der Waals surface area contributed by atoms with E-state index in [1.807, 2.05) is 30.5 Å². The Hall–Kier alpha value is -2.09. The van der Waals surface area contributed by atoms with Crippen LogP contribution in [0.25, 0.3) is 0 Å². The third-order valence-electron chi connectivity index (χ3n) is 2.99. The number of hydrogen-bond donors (Lipinski definition) is 1. The van der Waals surface area contributed by atoms with Crippen molar-refractivity contribution in [1.82, 2.24) is 4.98 Å². The van der Waals surface area contributed by atoms with E-state index >= 15 is 0 Å². The number of pyridine rings is 1. The molecule has 1 N–H and O–H groups in total. The number of benzene rings is 1. The molecule has 1 heterocycles. The summed E-state index contributed by atoms with van der Waals surface area (Å²) in [6, 6.07) is 14.4. The van der Waals surface area contributed by atoms with Gasteiger partial charge in [0.2, 0.25) is 0 Å². The minimum Gasteiger partial charge on any atom is -0.359 e. The second kappa shape index (κ2) is 4.42. The Bertz CT molecular complexity index is 544. The van der Waals surface area contributed by atoms with E-state index in [1.54, 1.807) is 0 Å². The van der Waals surface area contributed by atoms with Crippen molar-refractivity contribution in [1.29, 1.82) is 0 Å². The standard InChI is InChI=1S/C15H14N2/c1-2-6-13(7-3-1)17-14-8-9-15-12(11-14)5-4-10-16-15/h1-8,10,17H,9,11H2. The topological polar surface area (TPSA) is 24.9 Å². The van der Waals surface area contributed by atoms with Gasteiger partial charge in [-0.3, -0.25) is 4.98 Å². The zero-order valence-corrected chi connectivity index (χ0v) is 9.56. The molecule has 0 unspecified atom stereocenters. The summed E-state index contributed by atoms with van der Waals surface area (Å²) >= 11 is 0. The van der Waals surface area contributed by atoms with Crippen LogP contribution in [0.1, 0.15) is 11.3 Å². The molecule has 0 spiro atoms. The minimum atomic E-state index is 0.922. The van der Waals surface area contributed by atoms with E-state index in [-0.39, 0.29) is 0 Å². The van der Waals surface area contributed by atoms with Crippen molar-refractivity contribution in [3.05, 3.63) is 71.7 Å². The van der Waals surface area contributed by atoms with Crippen LogP contribution in [-0.2, 0) is 12.8 Å². The van der Waals surface area contributed by atoms with E-state index in [9.17, 15) is 0 Å². The molecule has 0 aliphatic heterocycles. The normalized spacial score (nSPS) is 13.8. The predicted molar refractivity (Wildman–Crippen MR) is 69.8 cm³/mol. The van der Waals surface area contributed by atoms with Crippen molar-refractivity contribution in [2.75, 3.05) is 5.32 Å². The molecule has 84 valence electrons. The molecule has 0 fully saturated rings. The Morgan fingerprint density at radius 2 is 1.88 bits per heavy atom. The number of allylic oxidation sites excluding steroid dienone is 2. The maximum atomic E-state index is 4.39. The Morgan fingerprint density at radius 1 is 1.00 bits per heavy atom. The second-order valence-corrected chi connectivity index (χ2v) is 4.21. The molecule has 1 aliphatic rings. The lowest BCUT2D eigenvalue weighted by Gasteiger charge is -2.17. The van der Waals surface area contributed by atoms with Crippen molar-refractivity contribution >= 4 is 5.69 Å². The number of aromatic nitrogens is 1. The van der Waals surface area contributed by atoms with Crippen LogP contribution in [0.4, 0.5) is 5.69 Å². The second-order valence-electron chi connectivity index (χ2n) is 4.21. The molecule has 1 aromatic carbocycles. The van der Waals surface area contributed by atoms with E-state index in [2.05, 4.69) is 34.6 Å². The smallest absolute Gasteiger partial charge is 0.0477 e. The van der Waals surface area contributed by atoms with Gasteiger partial charge in [-0.25, -0.2) is 0 Å². The number of rotatable bonds is 2. The van der Waals surface area contributed by atoms with Gasteiger partial charge in [-0.2, -0.15) is 0 Å². The zero-order chi connectivity index (χ0) is 11.5. The van der Waals surface area contributed by atoms with E-state index in [1.165, 1.54) is 17.0 Å². The van der Waals surface area contributed by atoms with Crippen molar-refractivity contribution < 1.29 is 0 Å². The number of hydrogen-bond acceptors (Lipinski definition) is 2. The molecule has 0 atom stereocenters. The molecule has 2 heteroatoms. The molecular formula is C15H14N2. The van der Waals surface area contributed by atoms with Crippen LogP contribution >= 0.6 is 0 Å². The molecule has 1 aliphatic carbocycles. The van der Waals surface area contributed by atoms with Gasteiger partial charge in [-0.15, -0.1) is 0 Å². The summed E-state index contributed by atoms with van der Waals surface area (Å²) in [7, 11) is 0. The number of nitrogens with zero attached hydrogens (tertiary/aromatic N) is 1. The van der Waals surface area contributed by atoms with E-state index in [0.717, 1.165) is 18.5 Å². The predicted octanol–water partition coefficient (Wildman–Crippen LogP) is 3.18. The highest BCUT2D eigenvalue weighted by Crippen LogP contribution is 2.20. The molecule has 0 bridgehead atoms. The van der Waals surface area contributed by atoms with Crippen LogP contribution in [0.5, 0.6) is 0 Å². The Morgan fingerprint density at radius 3 is 2.76 bits per heavy atom. The lowest BCUT2D eigenvalue weighted by Crippen LogP contribution is -2.10. The van der Waals surface area contributed by atoms with Gasteiger partial charge in [0.05, 0.1) is 0 Å². The number of para-hydroxylation sites is 1. The lowest BCUT2D eigenvalue weighted by molar-refractivity contribution is 0.961. The largest absolute Gasteiger partial charge is 0.359 e. The van der Waals surface area contributed by atoms with Crippen LogP contribution in [0.3, 0.4) is 0 Å². The van der Waals surface area contributed by atoms with Crippen LogP contribution in [0.15, 0.2) is 60.4 Å². The monoisotopic (exact) mass is 222 g/mol. The first-order valence-electron chi connectivity index (χ1n) is 5.86. The fourth-order valence-corrected chi connectivity index (χ4v) is 2.12. The van der Waals surface area contributed by atoms with Crippen LogP contribution in [-0.4, -0.2) is 4.98 Å². The number of nitrogens with one attached hydrogen (secondary N) is 1. The van der Waals surface area contributed by atoms with Crippen molar-refractivity contribution in [3.8, 4) is 0 Å². The minimum absolute atomic E-state index is 0.922. The summed E-state index contributed by atoms with van der Waals surface area (Å²) in [5.41, 5.74) is 4.93. The summed E-state index contributed by atoms with van der Waals surface area (Å²) in [6.07, 6.45) is 5.95. The highest BCUT2D eigenvalue weighted by Gasteiger charge is 2.11. The molecule has 17 heavy (non-hydrogen) atoms. The van der Waals surface area contributed by atoms with Crippen molar-refractivity contribution in [3.63, 3.8) is 0 Å². The van der Waals surface area contributed by atoms with Crippen LogP contribution in [0.2, 0.25) is 0 Å². The van der Waals surface area contributed by atoms with Crippen molar-refractivity contribution in [2.24, 2.45) is 0 Å². The molecular weight excluding hydrogens is 208 g/mol. The molecule has 0 saturated carbocycles. The summed E-state index contributed by atoms with van der Waals surface area (Å²) in [5.74, 6) is 0. The molecule has 0 saturated heterocycles. The van der Waals surface area contributed by atoms with Crippen LogP contribution in [0, 0.1) is 0 Å². The Kier molecular flexibility index (Phi) is 2.62. The average Bonchev–Trinajstić information content (AvgIpc) is 2.40. The van der Waals surface area contributed by atoms with E-state index in [0.29, 0.717) is 0 Å². The Labute approximate surface area is 101 Å². The first kappa shape index (κ1) is 10.1.